The van der Waals surface area contributed by atoms with E-state index in [1.807, 2.05) is 18.2 Å². The van der Waals surface area contributed by atoms with Gasteiger partial charge in [0.05, 0.1) is 0 Å². The summed E-state index contributed by atoms with van der Waals surface area (Å²) in [5, 5.41) is 5.94. The van der Waals surface area contributed by atoms with Crippen molar-refractivity contribution < 1.29 is 27.4 Å². The Bertz CT molecular complexity index is 837. The first-order chi connectivity index (χ1) is 13.1. The summed E-state index contributed by atoms with van der Waals surface area (Å²) in [6.07, 6.45) is 0. The number of rotatable bonds is 6. The fourth-order valence-corrected chi connectivity index (χ4v) is 2.55. The number of nitrogens with one attached hydrogen (secondary N) is 2. The number of guanidine groups is 1. The molecule has 0 unspecified atom stereocenters. The third-order valence-electron chi connectivity index (χ3n) is 3.85. The van der Waals surface area contributed by atoms with Crippen LogP contribution in [-0.4, -0.2) is 26.4 Å². The molecule has 0 aliphatic carbocycles. The molecule has 0 radical (unpaired) electrons. The average molecular weight is 509 g/mol. The highest BCUT2D eigenvalue weighted by atomic mass is 127. The lowest BCUT2D eigenvalue weighted by molar-refractivity contribution is -0.0506. The molecule has 0 aromatic heterocycles. The van der Waals surface area contributed by atoms with Gasteiger partial charge in [0.2, 0.25) is 6.79 Å². The van der Waals surface area contributed by atoms with Crippen molar-refractivity contribution >= 4 is 29.9 Å². The van der Waals surface area contributed by atoms with Crippen molar-refractivity contribution in [2.75, 3.05) is 13.8 Å². The summed E-state index contributed by atoms with van der Waals surface area (Å²) in [7, 11) is 1.55. The number of hydrogen-bond acceptors (Lipinski definition) is 4. The van der Waals surface area contributed by atoms with Gasteiger partial charge in [-0.2, -0.15) is 8.78 Å². The topological polar surface area (TPSA) is 64.1 Å². The van der Waals surface area contributed by atoms with Crippen LogP contribution in [0.5, 0.6) is 17.2 Å². The fraction of sp³-hybridized carbons (Fsp3) is 0.278. The van der Waals surface area contributed by atoms with Crippen LogP contribution >= 0.6 is 24.0 Å². The number of ether oxygens (including phenoxy) is 3. The Kier molecular flexibility index (Phi) is 8.03. The highest BCUT2D eigenvalue weighted by Crippen LogP contribution is 2.32. The molecule has 152 valence electrons. The number of halogens is 4. The Hall–Kier alpha value is -2.37. The van der Waals surface area contributed by atoms with Crippen molar-refractivity contribution in [2.45, 2.75) is 19.7 Å². The van der Waals surface area contributed by atoms with Gasteiger partial charge in [0.1, 0.15) is 11.6 Å². The molecule has 1 aliphatic heterocycles. The van der Waals surface area contributed by atoms with Crippen molar-refractivity contribution in [1.82, 2.24) is 10.6 Å². The van der Waals surface area contributed by atoms with E-state index in [4.69, 9.17) is 9.47 Å². The van der Waals surface area contributed by atoms with Crippen molar-refractivity contribution in [1.29, 1.82) is 0 Å². The first kappa shape index (κ1) is 21.9. The SMILES string of the molecule is CN=C(NCc1ccc2c(c1)OCO2)NCc1c(F)cccc1OC(F)F.I. The third kappa shape index (κ3) is 5.57. The average Bonchev–Trinajstić information content (AvgIpc) is 3.11. The van der Waals surface area contributed by atoms with Gasteiger partial charge in [-0.05, 0) is 29.8 Å². The van der Waals surface area contributed by atoms with Crippen LogP contribution in [0.25, 0.3) is 0 Å². The Labute approximate surface area is 177 Å². The van der Waals surface area contributed by atoms with Crippen LogP contribution in [-0.2, 0) is 13.1 Å². The van der Waals surface area contributed by atoms with Gasteiger partial charge in [-0.25, -0.2) is 4.39 Å². The molecule has 0 bridgehead atoms. The predicted molar refractivity (Wildman–Crippen MR) is 108 cm³/mol. The van der Waals surface area contributed by atoms with Gasteiger partial charge < -0.3 is 24.8 Å². The van der Waals surface area contributed by atoms with Crippen LogP contribution in [0.15, 0.2) is 41.4 Å². The molecule has 2 N–H and O–H groups in total. The second-order valence-corrected chi connectivity index (χ2v) is 5.56. The van der Waals surface area contributed by atoms with E-state index in [9.17, 15) is 13.2 Å². The molecule has 28 heavy (non-hydrogen) atoms. The molecule has 2 aromatic carbocycles. The van der Waals surface area contributed by atoms with Crippen LogP contribution in [0.3, 0.4) is 0 Å². The summed E-state index contributed by atoms with van der Waals surface area (Å²) in [5.74, 6) is 0.860. The first-order valence-electron chi connectivity index (χ1n) is 8.12. The molecule has 6 nitrogen and oxygen atoms in total. The number of aliphatic imine (C=N–C) groups is 1. The molecule has 0 fully saturated rings. The monoisotopic (exact) mass is 509 g/mol. The minimum absolute atomic E-state index is 0. The minimum atomic E-state index is -3.03. The molecule has 1 heterocycles. The van der Waals surface area contributed by atoms with Gasteiger partial charge >= 0.3 is 6.61 Å². The number of alkyl halides is 2. The van der Waals surface area contributed by atoms with E-state index in [0.29, 0.717) is 24.0 Å². The Balaban J connectivity index is 0.00000280. The lowest BCUT2D eigenvalue weighted by atomic mass is 10.2. The quantitative estimate of drug-likeness (QED) is 0.354. The lowest BCUT2D eigenvalue weighted by Gasteiger charge is -2.15. The van der Waals surface area contributed by atoms with Gasteiger partial charge in [-0.1, -0.05) is 12.1 Å². The van der Waals surface area contributed by atoms with Crippen LogP contribution in [0.2, 0.25) is 0 Å². The van der Waals surface area contributed by atoms with Crippen molar-refractivity contribution in [3.63, 3.8) is 0 Å². The maximum absolute atomic E-state index is 14.0. The minimum Gasteiger partial charge on any atom is -0.454 e. The zero-order valence-corrected chi connectivity index (χ0v) is 17.2. The number of benzene rings is 2. The van der Waals surface area contributed by atoms with Crippen LogP contribution in [0, 0.1) is 5.82 Å². The summed E-state index contributed by atoms with van der Waals surface area (Å²) in [4.78, 5) is 4.04. The Morgan fingerprint density at radius 3 is 2.64 bits per heavy atom. The lowest BCUT2D eigenvalue weighted by Crippen LogP contribution is -2.36. The van der Waals surface area contributed by atoms with E-state index >= 15 is 0 Å². The molecule has 2 aromatic rings. The van der Waals surface area contributed by atoms with Crippen molar-refractivity contribution in [2.24, 2.45) is 4.99 Å². The fourth-order valence-electron chi connectivity index (χ4n) is 2.55. The first-order valence-corrected chi connectivity index (χ1v) is 8.12. The van der Waals surface area contributed by atoms with E-state index in [-0.39, 0.29) is 48.6 Å². The van der Waals surface area contributed by atoms with E-state index in [0.717, 1.165) is 5.56 Å². The van der Waals surface area contributed by atoms with Crippen molar-refractivity contribution in [3.8, 4) is 17.2 Å². The maximum Gasteiger partial charge on any atom is 0.387 e. The molecular weight excluding hydrogens is 490 g/mol. The zero-order valence-electron chi connectivity index (χ0n) is 14.9. The Morgan fingerprint density at radius 2 is 1.89 bits per heavy atom. The second kappa shape index (κ2) is 10.2. The van der Waals surface area contributed by atoms with Crippen LogP contribution in [0.1, 0.15) is 11.1 Å². The van der Waals surface area contributed by atoms with Crippen LogP contribution in [0.4, 0.5) is 13.2 Å². The Morgan fingerprint density at radius 1 is 1.14 bits per heavy atom. The second-order valence-electron chi connectivity index (χ2n) is 5.56. The predicted octanol–water partition coefficient (Wildman–Crippen LogP) is 3.64. The van der Waals surface area contributed by atoms with Gasteiger partial charge in [0, 0.05) is 25.7 Å². The molecule has 0 saturated heterocycles. The molecule has 1 aliphatic rings. The van der Waals surface area contributed by atoms with Gasteiger partial charge in [0.15, 0.2) is 17.5 Å². The number of fused-ring (bicyclic) bond motifs is 1. The molecule has 10 heteroatoms. The highest BCUT2D eigenvalue weighted by molar-refractivity contribution is 14.0. The molecule has 3 rings (SSSR count). The van der Waals surface area contributed by atoms with Gasteiger partial charge in [-0.3, -0.25) is 4.99 Å². The molecule has 0 saturated carbocycles. The highest BCUT2D eigenvalue weighted by Gasteiger charge is 2.15. The van der Waals surface area contributed by atoms with Crippen LogP contribution < -0.4 is 24.8 Å². The largest absolute Gasteiger partial charge is 0.454 e. The molecular formula is C18H19F3IN3O3. The zero-order chi connectivity index (χ0) is 19.2. The summed E-state index contributed by atoms with van der Waals surface area (Å²) < 4.78 is 53.9. The summed E-state index contributed by atoms with van der Waals surface area (Å²) >= 11 is 0. The molecule has 0 amide bonds. The molecule has 0 atom stereocenters. The molecule has 0 spiro atoms. The standard InChI is InChI=1S/C18H18F3N3O3.HI/c1-22-18(23-8-11-5-6-15-16(7-11)26-10-25-15)24-9-12-13(19)3-2-4-14(12)27-17(20)21;/h2-7,17H,8-10H2,1H3,(H2,22,23,24);1H. The third-order valence-corrected chi connectivity index (χ3v) is 3.85. The van der Waals surface area contributed by atoms with Gasteiger partial charge in [0.25, 0.3) is 0 Å². The number of hydrogen-bond donors (Lipinski definition) is 2. The summed E-state index contributed by atoms with van der Waals surface area (Å²) in [6, 6.07) is 9.30. The van der Waals surface area contributed by atoms with E-state index in [1.165, 1.54) is 18.2 Å². The van der Waals surface area contributed by atoms with E-state index in [2.05, 4.69) is 20.4 Å². The van der Waals surface area contributed by atoms with E-state index < -0.39 is 12.4 Å². The number of nitrogens with zero attached hydrogens (tertiary/aromatic N) is 1. The van der Waals surface area contributed by atoms with Crippen molar-refractivity contribution in [3.05, 3.63) is 53.3 Å². The maximum atomic E-state index is 14.0. The van der Waals surface area contributed by atoms with E-state index in [1.54, 1.807) is 7.05 Å². The van der Waals surface area contributed by atoms with Gasteiger partial charge in [-0.15, -0.1) is 24.0 Å². The normalized spacial score (nSPS) is 12.5. The summed E-state index contributed by atoms with van der Waals surface area (Å²) in [5.41, 5.74) is 0.915. The smallest absolute Gasteiger partial charge is 0.387 e. The summed E-state index contributed by atoms with van der Waals surface area (Å²) in [6.45, 7) is -2.49.